The number of anilines is 1. The molecule has 2 aliphatic heterocycles. The van der Waals surface area contributed by atoms with Gasteiger partial charge in [0.2, 0.25) is 12.7 Å². The van der Waals surface area contributed by atoms with Crippen molar-refractivity contribution in [2.24, 2.45) is 0 Å². The van der Waals surface area contributed by atoms with Crippen molar-refractivity contribution in [3.05, 3.63) is 95.2 Å². The van der Waals surface area contributed by atoms with Crippen LogP contribution < -0.4 is 19.7 Å². The lowest BCUT2D eigenvalue weighted by Crippen LogP contribution is -2.37. The van der Waals surface area contributed by atoms with Crippen LogP contribution in [0.4, 0.5) is 5.69 Å². The van der Waals surface area contributed by atoms with Crippen LogP contribution in [0.25, 0.3) is 17.0 Å². The molecule has 1 N–H and O–H groups in total. The predicted molar refractivity (Wildman–Crippen MR) is 147 cm³/mol. The van der Waals surface area contributed by atoms with E-state index in [1.807, 2.05) is 76.3 Å². The number of carbonyl (C=O) groups is 2. The summed E-state index contributed by atoms with van der Waals surface area (Å²) >= 11 is 0. The highest BCUT2D eigenvalue weighted by Gasteiger charge is 2.23. The average Bonchev–Trinajstić information content (AvgIpc) is 3.58. The lowest BCUT2D eigenvalue weighted by Gasteiger charge is -2.29. The molecule has 3 heterocycles. The van der Waals surface area contributed by atoms with E-state index in [1.165, 1.54) is 5.56 Å². The van der Waals surface area contributed by atoms with E-state index in [0.29, 0.717) is 23.6 Å². The highest BCUT2D eigenvalue weighted by atomic mass is 16.7. The molecule has 8 heteroatoms. The van der Waals surface area contributed by atoms with Gasteiger partial charge in [-0.3, -0.25) is 9.59 Å². The van der Waals surface area contributed by atoms with Crippen LogP contribution in [0, 0.1) is 11.3 Å². The quantitative estimate of drug-likeness (QED) is 0.298. The number of para-hydroxylation sites is 2. The topological polar surface area (TPSA) is 96.6 Å². The van der Waals surface area contributed by atoms with Crippen molar-refractivity contribution >= 4 is 34.5 Å². The van der Waals surface area contributed by atoms with Crippen molar-refractivity contribution < 1.29 is 19.1 Å². The van der Waals surface area contributed by atoms with Crippen LogP contribution >= 0.6 is 0 Å². The standard InChI is InChI=1S/C31H26N4O4/c32-16-23(31(37)33-17-21-11-12-28-29(14-21)39-20-38-28)15-24-18-34(27-10-4-2-8-25(24)27)19-30(36)35-13-5-7-22-6-1-3-9-26(22)35/h1-4,6,8-12,14-15,18H,5,7,13,17,19-20H2,(H,33,37)/b23-15+. The Balaban J connectivity index is 1.22. The molecule has 2 aliphatic rings. The Kier molecular flexibility index (Phi) is 6.47. The van der Waals surface area contributed by atoms with E-state index in [2.05, 4.69) is 11.4 Å². The molecule has 194 valence electrons. The zero-order chi connectivity index (χ0) is 26.8. The highest BCUT2D eigenvalue weighted by molar-refractivity contribution is 6.04. The first-order valence-corrected chi connectivity index (χ1v) is 12.9. The molecule has 0 atom stereocenters. The van der Waals surface area contributed by atoms with E-state index < -0.39 is 5.91 Å². The molecular formula is C31H26N4O4. The molecule has 4 aromatic rings. The van der Waals surface area contributed by atoms with E-state index in [4.69, 9.17) is 9.47 Å². The number of hydrogen-bond donors (Lipinski definition) is 1. The molecule has 3 aromatic carbocycles. The zero-order valence-corrected chi connectivity index (χ0v) is 21.2. The van der Waals surface area contributed by atoms with Crippen LogP contribution in [-0.4, -0.2) is 29.7 Å². The molecule has 0 aliphatic carbocycles. The molecule has 6 rings (SSSR count). The summed E-state index contributed by atoms with van der Waals surface area (Å²) in [6, 6.07) is 23.2. The minimum atomic E-state index is -0.479. The van der Waals surface area contributed by atoms with Gasteiger partial charge < -0.3 is 24.3 Å². The summed E-state index contributed by atoms with van der Waals surface area (Å²) in [6.07, 6.45) is 5.31. The summed E-state index contributed by atoms with van der Waals surface area (Å²) in [5.41, 5.74) is 4.53. The molecule has 39 heavy (non-hydrogen) atoms. The van der Waals surface area contributed by atoms with Crippen molar-refractivity contribution in [3.63, 3.8) is 0 Å². The van der Waals surface area contributed by atoms with Crippen molar-refractivity contribution in [2.75, 3.05) is 18.2 Å². The lowest BCUT2D eigenvalue weighted by molar-refractivity contribution is -0.119. The number of amides is 2. The van der Waals surface area contributed by atoms with Gasteiger partial charge in [-0.15, -0.1) is 0 Å². The number of nitrogens with zero attached hydrogens (tertiary/aromatic N) is 3. The van der Waals surface area contributed by atoms with E-state index in [0.717, 1.165) is 35.0 Å². The third kappa shape index (κ3) is 4.82. The third-order valence-corrected chi connectivity index (χ3v) is 7.09. The van der Waals surface area contributed by atoms with Crippen LogP contribution in [0.5, 0.6) is 11.5 Å². The number of benzene rings is 3. The molecule has 0 fully saturated rings. The maximum Gasteiger partial charge on any atom is 0.262 e. The summed E-state index contributed by atoms with van der Waals surface area (Å²) in [5, 5.41) is 13.5. The average molecular weight is 519 g/mol. The van der Waals surface area contributed by atoms with Gasteiger partial charge in [0.25, 0.3) is 5.91 Å². The number of fused-ring (bicyclic) bond motifs is 3. The Labute approximate surface area is 225 Å². The van der Waals surface area contributed by atoms with Gasteiger partial charge in [0, 0.05) is 41.4 Å². The van der Waals surface area contributed by atoms with Crippen molar-refractivity contribution in [2.45, 2.75) is 25.9 Å². The predicted octanol–water partition coefficient (Wildman–Crippen LogP) is 4.57. The van der Waals surface area contributed by atoms with Gasteiger partial charge in [0.1, 0.15) is 18.2 Å². The summed E-state index contributed by atoms with van der Waals surface area (Å²) in [7, 11) is 0. The maximum absolute atomic E-state index is 13.4. The van der Waals surface area contributed by atoms with E-state index in [9.17, 15) is 14.9 Å². The number of hydrogen-bond acceptors (Lipinski definition) is 5. The van der Waals surface area contributed by atoms with Crippen molar-refractivity contribution in [3.8, 4) is 17.6 Å². The first-order chi connectivity index (χ1) is 19.1. The number of rotatable bonds is 6. The van der Waals surface area contributed by atoms with Crippen LogP contribution in [0.1, 0.15) is 23.1 Å². The number of ether oxygens (including phenoxy) is 2. The molecule has 0 spiro atoms. The molecule has 0 saturated heterocycles. The normalized spacial score (nSPS) is 14.1. The van der Waals surface area contributed by atoms with Crippen LogP contribution in [0.15, 0.2) is 78.5 Å². The molecule has 0 saturated carbocycles. The van der Waals surface area contributed by atoms with E-state index in [-0.39, 0.29) is 31.4 Å². The monoisotopic (exact) mass is 518 g/mol. The minimum Gasteiger partial charge on any atom is -0.454 e. The van der Waals surface area contributed by atoms with Gasteiger partial charge in [0.15, 0.2) is 11.5 Å². The van der Waals surface area contributed by atoms with E-state index >= 15 is 0 Å². The Bertz CT molecular complexity index is 1660. The molecule has 0 unspecified atom stereocenters. The molecule has 0 radical (unpaired) electrons. The number of carbonyl (C=O) groups excluding carboxylic acids is 2. The van der Waals surface area contributed by atoms with Gasteiger partial charge in [-0.1, -0.05) is 42.5 Å². The number of aryl methyl sites for hydroxylation is 1. The largest absolute Gasteiger partial charge is 0.454 e. The van der Waals surface area contributed by atoms with Gasteiger partial charge in [-0.2, -0.15) is 5.26 Å². The van der Waals surface area contributed by atoms with Crippen molar-refractivity contribution in [1.82, 2.24) is 9.88 Å². The summed E-state index contributed by atoms with van der Waals surface area (Å²) in [6.45, 7) is 1.25. The van der Waals surface area contributed by atoms with Gasteiger partial charge in [0.05, 0.1) is 0 Å². The summed E-state index contributed by atoms with van der Waals surface area (Å²) < 4.78 is 12.6. The number of nitriles is 1. The Morgan fingerprint density at radius 1 is 1.03 bits per heavy atom. The fraction of sp³-hybridized carbons (Fsp3) is 0.194. The first-order valence-electron chi connectivity index (χ1n) is 12.9. The molecule has 8 nitrogen and oxygen atoms in total. The smallest absolute Gasteiger partial charge is 0.262 e. The van der Waals surface area contributed by atoms with Crippen LogP contribution in [0.3, 0.4) is 0 Å². The fourth-order valence-electron chi connectivity index (χ4n) is 5.18. The SMILES string of the molecule is N#C/C(=C\c1cn(CC(=O)N2CCCc3ccccc32)c2ccccc12)C(=O)NCc1ccc2c(c1)OCO2. The Morgan fingerprint density at radius 3 is 2.74 bits per heavy atom. The maximum atomic E-state index is 13.4. The van der Waals surface area contributed by atoms with Crippen molar-refractivity contribution in [1.29, 1.82) is 5.26 Å². The molecule has 2 amide bonds. The molecule has 1 aromatic heterocycles. The summed E-state index contributed by atoms with van der Waals surface area (Å²) in [4.78, 5) is 28.2. The van der Waals surface area contributed by atoms with Gasteiger partial charge >= 0.3 is 0 Å². The second kappa shape index (κ2) is 10.4. The summed E-state index contributed by atoms with van der Waals surface area (Å²) in [5.74, 6) is 0.823. The zero-order valence-electron chi connectivity index (χ0n) is 21.2. The number of aromatic nitrogens is 1. The van der Waals surface area contributed by atoms with Crippen LogP contribution in [0.2, 0.25) is 0 Å². The van der Waals surface area contributed by atoms with E-state index in [1.54, 1.807) is 12.1 Å². The third-order valence-electron chi connectivity index (χ3n) is 7.09. The van der Waals surface area contributed by atoms with Gasteiger partial charge in [-0.25, -0.2) is 0 Å². The minimum absolute atomic E-state index is 0.000378. The molecule has 0 bridgehead atoms. The first kappa shape index (κ1) is 24.3. The Hall–Kier alpha value is -5.03. The molecular weight excluding hydrogens is 492 g/mol. The van der Waals surface area contributed by atoms with Crippen LogP contribution in [-0.2, 0) is 29.1 Å². The second-order valence-corrected chi connectivity index (χ2v) is 9.55. The fourth-order valence-corrected chi connectivity index (χ4v) is 5.18. The Morgan fingerprint density at radius 2 is 1.85 bits per heavy atom. The lowest BCUT2D eigenvalue weighted by atomic mass is 10.0. The number of nitrogens with one attached hydrogen (secondary N) is 1. The van der Waals surface area contributed by atoms with Gasteiger partial charge in [-0.05, 0) is 54.3 Å². The second-order valence-electron chi connectivity index (χ2n) is 9.55. The highest BCUT2D eigenvalue weighted by Crippen LogP contribution is 2.32.